The van der Waals surface area contributed by atoms with Crippen molar-refractivity contribution in [1.29, 1.82) is 0 Å². The van der Waals surface area contributed by atoms with E-state index >= 15 is 0 Å². The highest BCUT2D eigenvalue weighted by molar-refractivity contribution is 14.1. The average Bonchev–Trinajstić information content (AvgIpc) is 1.96. The summed E-state index contributed by atoms with van der Waals surface area (Å²) in [5.41, 5.74) is 6.02. The Balaban J connectivity index is 3.02. The van der Waals surface area contributed by atoms with Crippen LogP contribution in [0.5, 0.6) is 5.75 Å². The first kappa shape index (κ1) is 12.1. The SMILES string of the molecule is Nc1c(I)cc(OC(F)(F)F)cc1I. The zero-order valence-corrected chi connectivity index (χ0v) is 10.8. The molecular formula is C7H4F3I2NO. The van der Waals surface area contributed by atoms with E-state index in [4.69, 9.17) is 5.73 Å². The van der Waals surface area contributed by atoms with Crippen LogP contribution in [-0.2, 0) is 0 Å². The van der Waals surface area contributed by atoms with Crippen LogP contribution in [0.3, 0.4) is 0 Å². The summed E-state index contributed by atoms with van der Waals surface area (Å²) < 4.78 is 40.4. The molecule has 2 N–H and O–H groups in total. The monoisotopic (exact) mass is 429 g/mol. The Labute approximate surface area is 105 Å². The van der Waals surface area contributed by atoms with E-state index < -0.39 is 6.36 Å². The minimum absolute atomic E-state index is 0.250. The van der Waals surface area contributed by atoms with Gasteiger partial charge in [0.05, 0.1) is 5.69 Å². The third kappa shape index (κ3) is 3.33. The zero-order chi connectivity index (χ0) is 10.9. The molecule has 0 aliphatic rings. The van der Waals surface area contributed by atoms with Crippen molar-refractivity contribution in [3.05, 3.63) is 19.3 Å². The number of hydrogen-bond donors (Lipinski definition) is 1. The van der Waals surface area contributed by atoms with E-state index in [2.05, 4.69) is 4.74 Å². The van der Waals surface area contributed by atoms with Gasteiger partial charge < -0.3 is 10.5 Å². The van der Waals surface area contributed by atoms with Crippen molar-refractivity contribution < 1.29 is 17.9 Å². The minimum Gasteiger partial charge on any atom is -0.406 e. The largest absolute Gasteiger partial charge is 0.573 e. The molecule has 0 aliphatic heterocycles. The van der Waals surface area contributed by atoms with Crippen LogP contribution in [-0.4, -0.2) is 6.36 Å². The van der Waals surface area contributed by atoms with Gasteiger partial charge >= 0.3 is 6.36 Å². The molecule has 1 aromatic rings. The maximum Gasteiger partial charge on any atom is 0.573 e. The number of hydrogen-bond acceptors (Lipinski definition) is 2. The molecule has 0 aliphatic carbocycles. The Morgan fingerprint density at radius 2 is 1.57 bits per heavy atom. The second-order valence-corrected chi connectivity index (χ2v) is 4.67. The number of anilines is 1. The molecule has 0 fully saturated rings. The van der Waals surface area contributed by atoms with E-state index in [9.17, 15) is 13.2 Å². The number of alkyl halides is 3. The predicted molar refractivity (Wildman–Crippen MR) is 63.0 cm³/mol. The molecule has 1 rings (SSSR count). The highest BCUT2D eigenvalue weighted by Gasteiger charge is 2.31. The number of nitrogens with two attached hydrogens (primary N) is 1. The lowest BCUT2D eigenvalue weighted by Gasteiger charge is -2.10. The molecule has 0 atom stereocenters. The molecule has 14 heavy (non-hydrogen) atoms. The first-order valence-corrected chi connectivity index (χ1v) is 5.45. The van der Waals surface area contributed by atoms with E-state index in [0.717, 1.165) is 0 Å². The molecule has 0 spiro atoms. The molecule has 0 saturated heterocycles. The number of halogens is 5. The normalized spacial score (nSPS) is 11.5. The Hall–Kier alpha value is 0.0700. The van der Waals surface area contributed by atoms with Gasteiger partial charge in [0.15, 0.2) is 0 Å². The van der Waals surface area contributed by atoms with Crippen LogP contribution < -0.4 is 10.5 Å². The van der Waals surface area contributed by atoms with Gasteiger partial charge in [0.2, 0.25) is 0 Å². The first-order valence-electron chi connectivity index (χ1n) is 3.30. The molecule has 0 saturated carbocycles. The van der Waals surface area contributed by atoms with Crippen LogP contribution in [0.25, 0.3) is 0 Å². The quantitative estimate of drug-likeness (QED) is 0.550. The number of benzene rings is 1. The summed E-state index contributed by atoms with van der Waals surface area (Å²) in [6.07, 6.45) is -4.66. The Kier molecular flexibility index (Phi) is 3.72. The lowest BCUT2D eigenvalue weighted by atomic mass is 10.3. The molecule has 7 heteroatoms. The van der Waals surface area contributed by atoms with Crippen molar-refractivity contribution in [3.8, 4) is 5.75 Å². The van der Waals surface area contributed by atoms with Gasteiger partial charge in [0.25, 0.3) is 0 Å². The predicted octanol–water partition coefficient (Wildman–Crippen LogP) is 3.38. The Morgan fingerprint density at radius 1 is 1.14 bits per heavy atom. The Bertz CT molecular complexity index is 330. The fourth-order valence-electron chi connectivity index (χ4n) is 0.754. The number of rotatable bonds is 1. The second kappa shape index (κ2) is 4.29. The molecule has 0 heterocycles. The molecule has 0 bridgehead atoms. The molecule has 0 unspecified atom stereocenters. The van der Waals surface area contributed by atoms with E-state index in [0.29, 0.717) is 12.8 Å². The molecule has 0 aromatic heterocycles. The lowest BCUT2D eigenvalue weighted by molar-refractivity contribution is -0.274. The van der Waals surface area contributed by atoms with E-state index in [-0.39, 0.29) is 5.75 Å². The van der Waals surface area contributed by atoms with Crippen molar-refractivity contribution in [1.82, 2.24) is 0 Å². The maximum atomic E-state index is 11.8. The van der Waals surface area contributed by atoms with Crippen molar-refractivity contribution >= 4 is 50.9 Å². The summed E-state index contributed by atoms with van der Waals surface area (Å²) in [5.74, 6) is -0.250. The summed E-state index contributed by atoms with van der Waals surface area (Å²) in [5, 5.41) is 0. The van der Waals surface area contributed by atoms with Crippen LogP contribution in [0, 0.1) is 7.14 Å². The van der Waals surface area contributed by atoms with Gasteiger partial charge in [-0.15, -0.1) is 13.2 Å². The van der Waals surface area contributed by atoms with E-state index in [1.54, 1.807) is 0 Å². The second-order valence-electron chi connectivity index (χ2n) is 2.35. The van der Waals surface area contributed by atoms with Crippen LogP contribution in [0.2, 0.25) is 0 Å². The summed E-state index contributed by atoms with van der Waals surface area (Å²) in [6, 6.07) is 2.48. The van der Waals surface area contributed by atoms with Crippen LogP contribution in [0.15, 0.2) is 12.1 Å². The van der Waals surface area contributed by atoms with Crippen molar-refractivity contribution in [2.45, 2.75) is 6.36 Å². The number of nitrogen functional groups attached to an aromatic ring is 1. The van der Waals surface area contributed by atoms with Crippen molar-refractivity contribution in [3.63, 3.8) is 0 Å². The topological polar surface area (TPSA) is 35.2 Å². The third-order valence-electron chi connectivity index (χ3n) is 1.29. The summed E-state index contributed by atoms with van der Waals surface area (Å²) in [6.45, 7) is 0. The average molecular weight is 429 g/mol. The highest BCUT2D eigenvalue weighted by Crippen LogP contribution is 2.30. The summed E-state index contributed by atoms with van der Waals surface area (Å²) >= 11 is 3.70. The van der Waals surface area contributed by atoms with Gasteiger partial charge in [-0.25, -0.2) is 0 Å². The summed E-state index contributed by atoms with van der Waals surface area (Å²) in [7, 11) is 0. The van der Waals surface area contributed by atoms with Gasteiger partial charge in [0.1, 0.15) is 5.75 Å². The fourth-order valence-corrected chi connectivity index (χ4v) is 2.46. The smallest absolute Gasteiger partial charge is 0.406 e. The molecule has 2 nitrogen and oxygen atoms in total. The minimum atomic E-state index is -4.66. The molecular weight excluding hydrogens is 425 g/mol. The molecule has 0 amide bonds. The van der Waals surface area contributed by atoms with Gasteiger partial charge in [-0.1, -0.05) is 0 Å². The molecule has 0 radical (unpaired) electrons. The van der Waals surface area contributed by atoms with E-state index in [1.807, 2.05) is 45.2 Å². The maximum absolute atomic E-state index is 11.8. The van der Waals surface area contributed by atoms with E-state index in [1.165, 1.54) is 12.1 Å². The lowest BCUT2D eigenvalue weighted by Crippen LogP contribution is -2.17. The fraction of sp³-hybridized carbons (Fsp3) is 0.143. The van der Waals surface area contributed by atoms with Gasteiger partial charge in [-0.3, -0.25) is 0 Å². The third-order valence-corrected chi connectivity index (χ3v) is 3.07. The number of ether oxygens (including phenoxy) is 1. The molecule has 1 aromatic carbocycles. The molecule has 78 valence electrons. The van der Waals surface area contributed by atoms with Crippen LogP contribution in [0.1, 0.15) is 0 Å². The first-order chi connectivity index (χ1) is 6.29. The Morgan fingerprint density at radius 3 is 1.93 bits per heavy atom. The van der Waals surface area contributed by atoms with Gasteiger partial charge in [-0.05, 0) is 57.3 Å². The van der Waals surface area contributed by atoms with Crippen molar-refractivity contribution in [2.75, 3.05) is 5.73 Å². The standard InChI is InChI=1S/C7H4F3I2NO/c8-7(9,10)14-3-1-4(11)6(13)5(12)2-3/h1-2H,13H2. The van der Waals surface area contributed by atoms with Gasteiger partial charge in [0, 0.05) is 7.14 Å². The summed E-state index contributed by atoms with van der Waals surface area (Å²) in [4.78, 5) is 0. The van der Waals surface area contributed by atoms with Crippen LogP contribution >= 0.6 is 45.2 Å². The van der Waals surface area contributed by atoms with Crippen LogP contribution in [0.4, 0.5) is 18.9 Å². The zero-order valence-electron chi connectivity index (χ0n) is 6.53. The van der Waals surface area contributed by atoms with Crippen molar-refractivity contribution in [2.24, 2.45) is 0 Å². The highest BCUT2D eigenvalue weighted by atomic mass is 127. The van der Waals surface area contributed by atoms with Gasteiger partial charge in [-0.2, -0.15) is 0 Å².